The second kappa shape index (κ2) is 4.83. The van der Waals surface area contributed by atoms with E-state index in [1.54, 1.807) is 6.07 Å². The predicted molar refractivity (Wildman–Crippen MR) is 62.4 cm³/mol. The molecule has 2 rings (SSSR count). The normalized spacial score (nSPS) is 22.1. The maximum absolute atomic E-state index is 14.0. The van der Waals surface area contributed by atoms with Gasteiger partial charge in [-0.2, -0.15) is 0 Å². The summed E-state index contributed by atoms with van der Waals surface area (Å²) in [6.07, 6.45) is 2.20. The summed E-state index contributed by atoms with van der Waals surface area (Å²) in [6, 6.07) is 5.42. The van der Waals surface area contributed by atoms with Crippen LogP contribution < -0.4 is 4.74 Å². The average molecular weight is 223 g/mol. The van der Waals surface area contributed by atoms with Gasteiger partial charge in [0.1, 0.15) is 0 Å². The minimum Gasteiger partial charge on any atom is -0.494 e. The van der Waals surface area contributed by atoms with Crippen molar-refractivity contribution in [1.82, 2.24) is 4.90 Å². The molecule has 1 atom stereocenters. The number of piperidine rings is 1. The second-order valence-electron chi connectivity index (χ2n) is 4.46. The van der Waals surface area contributed by atoms with Gasteiger partial charge in [0.05, 0.1) is 7.11 Å². The molecule has 1 aromatic rings. The van der Waals surface area contributed by atoms with Crippen LogP contribution in [0.2, 0.25) is 0 Å². The molecule has 0 aromatic heterocycles. The van der Waals surface area contributed by atoms with E-state index in [4.69, 9.17) is 4.74 Å². The van der Waals surface area contributed by atoms with Gasteiger partial charge in [0, 0.05) is 6.54 Å². The van der Waals surface area contributed by atoms with E-state index < -0.39 is 0 Å². The molecule has 3 heteroatoms. The molecule has 1 aliphatic heterocycles. The monoisotopic (exact) mass is 223 g/mol. The Hall–Kier alpha value is -1.09. The van der Waals surface area contributed by atoms with Crippen LogP contribution in [0.1, 0.15) is 24.3 Å². The number of ether oxygens (including phenoxy) is 1. The molecular formula is C13H18FNO. The molecule has 1 aliphatic rings. The van der Waals surface area contributed by atoms with E-state index in [-0.39, 0.29) is 5.82 Å². The van der Waals surface area contributed by atoms with Crippen LogP contribution in [0, 0.1) is 5.82 Å². The fourth-order valence-corrected chi connectivity index (χ4v) is 2.42. The van der Waals surface area contributed by atoms with Crippen molar-refractivity contribution in [3.63, 3.8) is 0 Å². The lowest BCUT2D eigenvalue weighted by Gasteiger charge is -2.30. The minimum atomic E-state index is -0.190. The maximum Gasteiger partial charge on any atom is 0.168 e. The third-order valence-electron chi connectivity index (χ3n) is 3.28. The number of likely N-dealkylation sites (tertiary alicyclic amines) is 1. The molecule has 0 saturated carbocycles. The van der Waals surface area contributed by atoms with Gasteiger partial charge < -0.3 is 9.64 Å². The first-order chi connectivity index (χ1) is 7.72. The highest BCUT2D eigenvalue weighted by molar-refractivity contribution is 5.33. The quantitative estimate of drug-likeness (QED) is 0.764. The largest absolute Gasteiger partial charge is 0.494 e. The first-order valence-electron chi connectivity index (χ1n) is 5.73. The molecule has 1 fully saturated rings. The maximum atomic E-state index is 14.0. The first-order valence-corrected chi connectivity index (χ1v) is 5.73. The van der Waals surface area contributed by atoms with Crippen molar-refractivity contribution in [1.29, 1.82) is 0 Å². The van der Waals surface area contributed by atoms with Crippen LogP contribution in [0.25, 0.3) is 0 Å². The topological polar surface area (TPSA) is 12.5 Å². The fraction of sp³-hybridized carbons (Fsp3) is 0.538. The smallest absolute Gasteiger partial charge is 0.168 e. The zero-order valence-electron chi connectivity index (χ0n) is 9.87. The molecule has 1 heterocycles. The molecule has 88 valence electrons. The molecule has 1 aromatic carbocycles. The number of hydrogen-bond donors (Lipinski definition) is 0. The average Bonchev–Trinajstić information content (AvgIpc) is 2.29. The van der Waals surface area contributed by atoms with Crippen LogP contribution in [0.4, 0.5) is 4.39 Å². The number of benzene rings is 1. The number of hydrogen-bond acceptors (Lipinski definition) is 2. The summed E-state index contributed by atoms with van der Waals surface area (Å²) in [7, 11) is 3.60. The van der Waals surface area contributed by atoms with Gasteiger partial charge in [-0.15, -0.1) is 0 Å². The van der Waals surface area contributed by atoms with Gasteiger partial charge >= 0.3 is 0 Å². The standard InChI is InChI=1S/C13H18FNO/c1-15-8-4-5-10(9-15)11-6-3-7-12(16-2)13(11)14/h3,6-7,10H,4-5,8-9H2,1-2H3. The van der Waals surface area contributed by atoms with Crippen LogP contribution >= 0.6 is 0 Å². The van der Waals surface area contributed by atoms with Crippen LogP contribution in [-0.4, -0.2) is 32.1 Å². The van der Waals surface area contributed by atoms with E-state index in [0.717, 1.165) is 31.5 Å². The lowest BCUT2D eigenvalue weighted by molar-refractivity contribution is 0.247. The highest BCUT2D eigenvalue weighted by atomic mass is 19.1. The van der Waals surface area contributed by atoms with E-state index in [0.29, 0.717) is 11.7 Å². The number of methoxy groups -OCH3 is 1. The van der Waals surface area contributed by atoms with Gasteiger partial charge in [-0.25, -0.2) is 4.39 Å². The van der Waals surface area contributed by atoms with E-state index in [9.17, 15) is 4.39 Å². The Kier molecular flexibility index (Phi) is 3.44. The zero-order valence-corrected chi connectivity index (χ0v) is 9.87. The molecule has 1 unspecified atom stereocenters. The Morgan fingerprint density at radius 3 is 2.94 bits per heavy atom. The summed E-state index contributed by atoms with van der Waals surface area (Å²) in [6.45, 7) is 2.05. The lowest BCUT2D eigenvalue weighted by atomic mass is 9.90. The molecule has 0 bridgehead atoms. The first kappa shape index (κ1) is 11.4. The van der Waals surface area contributed by atoms with Gasteiger partial charge in [-0.1, -0.05) is 12.1 Å². The van der Waals surface area contributed by atoms with Crippen molar-refractivity contribution in [3.8, 4) is 5.75 Å². The molecule has 0 N–H and O–H groups in total. The molecule has 16 heavy (non-hydrogen) atoms. The Labute approximate surface area is 96.0 Å². The Bertz CT molecular complexity index is 367. The van der Waals surface area contributed by atoms with Crippen LogP contribution in [-0.2, 0) is 0 Å². The van der Waals surface area contributed by atoms with Gasteiger partial charge in [-0.05, 0) is 44.0 Å². The van der Waals surface area contributed by atoms with Crippen molar-refractivity contribution >= 4 is 0 Å². The summed E-state index contributed by atoms with van der Waals surface area (Å²) >= 11 is 0. The number of halogens is 1. The van der Waals surface area contributed by atoms with E-state index in [1.807, 2.05) is 12.1 Å². The van der Waals surface area contributed by atoms with Crippen molar-refractivity contribution in [2.75, 3.05) is 27.2 Å². The van der Waals surface area contributed by atoms with Gasteiger partial charge in [0.25, 0.3) is 0 Å². The van der Waals surface area contributed by atoms with Gasteiger partial charge in [0.2, 0.25) is 0 Å². The van der Waals surface area contributed by atoms with Crippen molar-refractivity contribution < 1.29 is 9.13 Å². The van der Waals surface area contributed by atoms with Crippen LogP contribution in [0.3, 0.4) is 0 Å². The SMILES string of the molecule is COc1cccc(C2CCCN(C)C2)c1F. The summed E-state index contributed by atoms with van der Waals surface area (Å²) in [5.41, 5.74) is 0.797. The minimum absolute atomic E-state index is 0.190. The highest BCUT2D eigenvalue weighted by Gasteiger charge is 2.22. The van der Waals surface area contributed by atoms with E-state index >= 15 is 0 Å². The third kappa shape index (κ3) is 2.19. The highest BCUT2D eigenvalue weighted by Crippen LogP contribution is 2.31. The van der Waals surface area contributed by atoms with Crippen LogP contribution in [0.5, 0.6) is 5.75 Å². The van der Waals surface area contributed by atoms with Crippen molar-refractivity contribution in [2.24, 2.45) is 0 Å². The third-order valence-corrected chi connectivity index (χ3v) is 3.28. The Morgan fingerprint density at radius 1 is 1.44 bits per heavy atom. The van der Waals surface area contributed by atoms with Crippen molar-refractivity contribution in [2.45, 2.75) is 18.8 Å². The molecule has 0 spiro atoms. The number of nitrogens with zero attached hydrogens (tertiary/aromatic N) is 1. The number of rotatable bonds is 2. The fourth-order valence-electron chi connectivity index (χ4n) is 2.42. The van der Waals surface area contributed by atoms with E-state index in [2.05, 4.69) is 11.9 Å². The van der Waals surface area contributed by atoms with Gasteiger partial charge in [0.15, 0.2) is 11.6 Å². The molecule has 0 radical (unpaired) electrons. The lowest BCUT2D eigenvalue weighted by Crippen LogP contribution is -2.31. The zero-order chi connectivity index (χ0) is 11.5. The summed E-state index contributed by atoms with van der Waals surface area (Å²) in [4.78, 5) is 2.26. The molecule has 1 saturated heterocycles. The van der Waals surface area contributed by atoms with Crippen LogP contribution in [0.15, 0.2) is 18.2 Å². The number of likely N-dealkylation sites (N-methyl/N-ethyl adjacent to an activating group) is 1. The molecular weight excluding hydrogens is 205 g/mol. The summed E-state index contributed by atoms with van der Waals surface area (Å²) in [5.74, 6) is 0.463. The second-order valence-corrected chi connectivity index (χ2v) is 4.46. The molecule has 0 amide bonds. The van der Waals surface area contributed by atoms with Gasteiger partial charge in [-0.3, -0.25) is 0 Å². The Balaban J connectivity index is 2.25. The van der Waals surface area contributed by atoms with Crippen molar-refractivity contribution in [3.05, 3.63) is 29.6 Å². The predicted octanol–water partition coefficient (Wildman–Crippen LogP) is 2.64. The molecule has 0 aliphatic carbocycles. The van der Waals surface area contributed by atoms with E-state index in [1.165, 1.54) is 7.11 Å². The summed E-state index contributed by atoms with van der Waals surface area (Å²) < 4.78 is 19.1. The molecule has 2 nitrogen and oxygen atoms in total. The Morgan fingerprint density at radius 2 is 2.25 bits per heavy atom. The summed E-state index contributed by atoms with van der Waals surface area (Å²) in [5, 5.41) is 0.